The molecule has 0 aliphatic carbocycles. The van der Waals surface area contributed by atoms with Crippen LogP contribution in [0.1, 0.15) is 23.6 Å². The van der Waals surface area contributed by atoms with Crippen molar-refractivity contribution in [3.8, 4) is 0 Å². The minimum absolute atomic E-state index is 0.387. The quantitative estimate of drug-likeness (QED) is 0.491. The van der Waals surface area contributed by atoms with Crippen molar-refractivity contribution >= 4 is 5.97 Å². The van der Waals surface area contributed by atoms with Crippen molar-refractivity contribution in [1.29, 1.82) is 0 Å². The van der Waals surface area contributed by atoms with Crippen molar-refractivity contribution in [3.63, 3.8) is 0 Å². The van der Waals surface area contributed by atoms with Crippen LogP contribution in [0.25, 0.3) is 0 Å². The second-order valence-corrected chi connectivity index (χ2v) is 6.85. The molecule has 4 heteroatoms. The smallest absolute Gasteiger partial charge is 0.324 e. The summed E-state index contributed by atoms with van der Waals surface area (Å²) in [5.74, 6) is -0.387. The Bertz CT molecular complexity index is 784. The van der Waals surface area contributed by atoms with E-state index in [4.69, 9.17) is 10.5 Å². The maximum absolute atomic E-state index is 12.6. The van der Waals surface area contributed by atoms with Crippen molar-refractivity contribution in [1.82, 2.24) is 5.32 Å². The first kappa shape index (κ1) is 19.8. The lowest BCUT2D eigenvalue weighted by molar-refractivity contribution is -0.144. The van der Waals surface area contributed by atoms with Crippen LogP contribution >= 0.6 is 0 Å². The van der Waals surface area contributed by atoms with Gasteiger partial charge >= 0.3 is 5.97 Å². The van der Waals surface area contributed by atoms with Gasteiger partial charge in [-0.25, -0.2) is 0 Å². The van der Waals surface area contributed by atoms with E-state index in [1.165, 1.54) is 7.11 Å². The molecule has 4 nitrogen and oxygen atoms in total. The lowest BCUT2D eigenvalue weighted by Crippen LogP contribution is -2.58. The SMILES string of the molecule is COC(=O)C(NC(c1ccccc1)(c1ccccc1)c1ccccc1)C(C)N. The van der Waals surface area contributed by atoms with E-state index < -0.39 is 17.6 Å². The zero-order valence-electron chi connectivity index (χ0n) is 16.2. The first-order chi connectivity index (χ1) is 13.6. The van der Waals surface area contributed by atoms with Crippen LogP contribution in [0.5, 0.6) is 0 Å². The molecule has 0 heterocycles. The van der Waals surface area contributed by atoms with Crippen LogP contribution in [0.2, 0.25) is 0 Å². The first-order valence-corrected chi connectivity index (χ1v) is 9.37. The van der Waals surface area contributed by atoms with E-state index in [1.54, 1.807) is 6.92 Å². The lowest BCUT2D eigenvalue weighted by Gasteiger charge is -2.40. The zero-order valence-corrected chi connectivity index (χ0v) is 16.2. The number of methoxy groups -OCH3 is 1. The Kier molecular flexibility index (Phi) is 6.24. The minimum Gasteiger partial charge on any atom is -0.468 e. The zero-order chi connectivity index (χ0) is 20.0. The van der Waals surface area contributed by atoms with E-state index in [1.807, 2.05) is 54.6 Å². The largest absolute Gasteiger partial charge is 0.468 e. The number of esters is 1. The van der Waals surface area contributed by atoms with E-state index in [9.17, 15) is 4.79 Å². The summed E-state index contributed by atoms with van der Waals surface area (Å²) in [4.78, 5) is 12.6. The Balaban J connectivity index is 2.29. The summed E-state index contributed by atoms with van der Waals surface area (Å²) in [6, 6.07) is 29.1. The number of carbonyl (C=O) groups excluding carboxylic acids is 1. The van der Waals surface area contributed by atoms with Crippen LogP contribution in [-0.2, 0) is 15.1 Å². The molecule has 0 aromatic heterocycles. The lowest BCUT2D eigenvalue weighted by atomic mass is 9.76. The molecular weight excluding hydrogens is 348 g/mol. The second-order valence-electron chi connectivity index (χ2n) is 6.85. The van der Waals surface area contributed by atoms with Gasteiger partial charge in [-0.05, 0) is 23.6 Å². The Morgan fingerprint density at radius 2 is 1.18 bits per heavy atom. The van der Waals surface area contributed by atoms with E-state index in [0.717, 1.165) is 16.7 Å². The predicted molar refractivity (Wildman–Crippen MR) is 112 cm³/mol. The predicted octanol–water partition coefficient (Wildman–Crippen LogP) is 3.46. The molecule has 3 rings (SSSR count). The molecule has 0 bridgehead atoms. The number of ether oxygens (including phenoxy) is 1. The van der Waals surface area contributed by atoms with Gasteiger partial charge < -0.3 is 10.5 Å². The van der Waals surface area contributed by atoms with Crippen LogP contribution in [0.4, 0.5) is 0 Å². The summed E-state index contributed by atoms with van der Waals surface area (Å²) in [6.45, 7) is 1.81. The monoisotopic (exact) mass is 374 g/mol. The summed E-state index contributed by atoms with van der Waals surface area (Å²) in [5.41, 5.74) is 8.47. The van der Waals surface area contributed by atoms with Gasteiger partial charge in [-0.3, -0.25) is 10.1 Å². The third-order valence-corrected chi connectivity index (χ3v) is 4.97. The number of rotatable bonds is 7. The Labute approximate surface area is 166 Å². The molecule has 3 aromatic carbocycles. The summed E-state index contributed by atoms with van der Waals surface area (Å²) < 4.78 is 5.05. The van der Waals surface area contributed by atoms with Crippen molar-refractivity contribution < 1.29 is 9.53 Å². The minimum atomic E-state index is -0.768. The van der Waals surface area contributed by atoms with Crippen LogP contribution in [0.15, 0.2) is 91.0 Å². The highest BCUT2D eigenvalue weighted by Crippen LogP contribution is 2.37. The second kappa shape index (κ2) is 8.83. The van der Waals surface area contributed by atoms with Gasteiger partial charge in [0, 0.05) is 6.04 Å². The summed E-state index contributed by atoms with van der Waals surface area (Å²) >= 11 is 0. The Morgan fingerprint density at radius 3 is 1.46 bits per heavy atom. The highest BCUT2D eigenvalue weighted by atomic mass is 16.5. The molecule has 2 atom stereocenters. The molecule has 0 aliphatic heterocycles. The third-order valence-electron chi connectivity index (χ3n) is 4.97. The van der Waals surface area contributed by atoms with Gasteiger partial charge in [-0.1, -0.05) is 91.0 Å². The maximum atomic E-state index is 12.6. The summed E-state index contributed by atoms with van der Waals surface area (Å²) in [5, 5.41) is 3.57. The Morgan fingerprint density at radius 1 is 0.821 bits per heavy atom. The maximum Gasteiger partial charge on any atom is 0.324 e. The first-order valence-electron chi connectivity index (χ1n) is 9.37. The normalized spacial score (nSPS) is 13.5. The van der Waals surface area contributed by atoms with E-state index in [2.05, 4.69) is 41.7 Å². The molecular formula is C24H26N2O2. The fourth-order valence-electron chi connectivity index (χ4n) is 3.58. The summed E-state index contributed by atoms with van der Waals surface area (Å²) in [6.07, 6.45) is 0. The number of hydrogen-bond donors (Lipinski definition) is 2. The van der Waals surface area contributed by atoms with Gasteiger partial charge in [0.1, 0.15) is 6.04 Å². The number of benzene rings is 3. The third kappa shape index (κ3) is 3.84. The van der Waals surface area contributed by atoms with Crippen LogP contribution in [0.3, 0.4) is 0 Å². The summed E-state index contributed by atoms with van der Waals surface area (Å²) in [7, 11) is 1.38. The highest BCUT2D eigenvalue weighted by Gasteiger charge is 2.41. The molecule has 0 spiro atoms. The van der Waals surface area contributed by atoms with Gasteiger partial charge in [-0.15, -0.1) is 0 Å². The molecule has 0 saturated carbocycles. The van der Waals surface area contributed by atoms with E-state index in [-0.39, 0.29) is 5.97 Å². The van der Waals surface area contributed by atoms with Gasteiger partial charge in [-0.2, -0.15) is 0 Å². The molecule has 0 amide bonds. The van der Waals surface area contributed by atoms with Crippen molar-refractivity contribution in [2.45, 2.75) is 24.5 Å². The molecule has 0 fully saturated rings. The molecule has 0 saturated heterocycles. The molecule has 0 aliphatic rings. The Hall–Kier alpha value is -2.95. The van der Waals surface area contributed by atoms with E-state index >= 15 is 0 Å². The van der Waals surface area contributed by atoms with Gasteiger partial charge in [0.05, 0.1) is 12.6 Å². The van der Waals surface area contributed by atoms with Gasteiger partial charge in [0.25, 0.3) is 0 Å². The fraction of sp³-hybridized carbons (Fsp3) is 0.208. The molecule has 3 N–H and O–H groups in total. The van der Waals surface area contributed by atoms with Gasteiger partial charge in [0.15, 0.2) is 0 Å². The van der Waals surface area contributed by atoms with Crippen molar-refractivity contribution in [2.24, 2.45) is 5.73 Å². The van der Waals surface area contributed by atoms with Crippen LogP contribution in [0, 0.1) is 0 Å². The number of nitrogens with one attached hydrogen (secondary N) is 1. The number of hydrogen-bond acceptors (Lipinski definition) is 4. The molecule has 3 aromatic rings. The van der Waals surface area contributed by atoms with Crippen molar-refractivity contribution in [3.05, 3.63) is 108 Å². The topological polar surface area (TPSA) is 64.3 Å². The van der Waals surface area contributed by atoms with Crippen LogP contribution in [-0.4, -0.2) is 25.2 Å². The molecule has 0 radical (unpaired) electrons. The number of carbonyl (C=O) groups is 1. The molecule has 144 valence electrons. The fourth-order valence-corrected chi connectivity index (χ4v) is 3.58. The number of nitrogens with two attached hydrogens (primary N) is 1. The molecule has 2 unspecified atom stereocenters. The average Bonchev–Trinajstić information content (AvgIpc) is 2.76. The van der Waals surface area contributed by atoms with Crippen molar-refractivity contribution in [2.75, 3.05) is 7.11 Å². The average molecular weight is 374 g/mol. The highest BCUT2D eigenvalue weighted by molar-refractivity contribution is 5.77. The van der Waals surface area contributed by atoms with E-state index in [0.29, 0.717) is 0 Å². The van der Waals surface area contributed by atoms with Gasteiger partial charge in [0.2, 0.25) is 0 Å². The molecule has 28 heavy (non-hydrogen) atoms. The standard InChI is InChI=1S/C24H26N2O2/c1-18(25)22(23(27)28-2)26-24(19-12-6-3-7-13-19,20-14-8-4-9-15-20)21-16-10-5-11-17-21/h3-18,22,26H,25H2,1-2H3. The van der Waals surface area contributed by atoms with Crippen LogP contribution < -0.4 is 11.1 Å².